The number of rotatable bonds is 2. The maximum atomic E-state index is 12.8. The van der Waals surface area contributed by atoms with Gasteiger partial charge < -0.3 is 5.11 Å². The van der Waals surface area contributed by atoms with Gasteiger partial charge in [0.25, 0.3) is 0 Å². The number of hydrogen-bond donors (Lipinski definition) is 1. The molecule has 13 heavy (non-hydrogen) atoms. The summed E-state index contributed by atoms with van der Waals surface area (Å²) in [5.41, 5.74) is 1.54. The van der Waals surface area contributed by atoms with E-state index in [2.05, 4.69) is 0 Å². The molecular formula is C11H13FO. The second kappa shape index (κ2) is 4.08. The summed E-state index contributed by atoms with van der Waals surface area (Å²) in [6, 6.07) is 6.26. The average molecular weight is 180 g/mol. The van der Waals surface area contributed by atoms with E-state index in [0.29, 0.717) is 6.42 Å². The lowest BCUT2D eigenvalue weighted by Crippen LogP contribution is -1.88. The molecule has 0 aliphatic carbocycles. The van der Waals surface area contributed by atoms with Crippen LogP contribution in [0.15, 0.2) is 30.0 Å². The molecule has 0 radical (unpaired) electrons. The Kier molecular flexibility index (Phi) is 3.07. The number of aliphatic hydroxyl groups is 1. The fraction of sp³-hybridized carbons (Fsp3) is 0.273. The first-order valence-corrected chi connectivity index (χ1v) is 4.29. The van der Waals surface area contributed by atoms with Crippen LogP contribution in [0.5, 0.6) is 0 Å². The van der Waals surface area contributed by atoms with E-state index in [0.717, 1.165) is 11.1 Å². The van der Waals surface area contributed by atoms with Gasteiger partial charge in [0.15, 0.2) is 0 Å². The van der Waals surface area contributed by atoms with E-state index >= 15 is 0 Å². The molecule has 0 aliphatic heterocycles. The monoisotopic (exact) mass is 180 g/mol. The highest BCUT2D eigenvalue weighted by Gasteiger charge is 2.03. The third kappa shape index (κ3) is 2.31. The molecule has 0 aromatic heterocycles. The van der Waals surface area contributed by atoms with Crippen LogP contribution in [0.25, 0.3) is 5.57 Å². The van der Waals surface area contributed by atoms with Crippen LogP contribution in [-0.2, 0) is 0 Å². The molecule has 0 unspecified atom stereocenters. The topological polar surface area (TPSA) is 20.2 Å². The zero-order chi connectivity index (χ0) is 9.84. The quantitative estimate of drug-likeness (QED) is 0.690. The molecule has 0 heterocycles. The van der Waals surface area contributed by atoms with Gasteiger partial charge in [-0.15, -0.1) is 0 Å². The predicted octanol–water partition coefficient (Wildman–Crippen LogP) is 3.52. The number of allylic oxidation sites excluding steroid dienone is 2. The molecule has 0 bridgehead atoms. The first-order valence-electron chi connectivity index (χ1n) is 4.29. The van der Waals surface area contributed by atoms with Gasteiger partial charge in [0.2, 0.25) is 0 Å². The van der Waals surface area contributed by atoms with E-state index in [1.165, 1.54) is 12.1 Å². The van der Waals surface area contributed by atoms with Gasteiger partial charge in [0, 0.05) is 0 Å². The fourth-order valence-corrected chi connectivity index (χ4v) is 1.35. The summed E-state index contributed by atoms with van der Waals surface area (Å²) in [4.78, 5) is 0. The van der Waals surface area contributed by atoms with Gasteiger partial charge in [-0.05, 0) is 36.6 Å². The SMILES string of the molecule is CC/C(=C(\C)O)c1cccc(F)c1. The van der Waals surface area contributed by atoms with Gasteiger partial charge in [-0.2, -0.15) is 0 Å². The molecule has 0 fully saturated rings. The molecule has 0 aliphatic rings. The molecule has 0 saturated heterocycles. The lowest BCUT2D eigenvalue weighted by atomic mass is 10.0. The summed E-state index contributed by atoms with van der Waals surface area (Å²) in [6.45, 7) is 3.55. The van der Waals surface area contributed by atoms with Gasteiger partial charge >= 0.3 is 0 Å². The van der Waals surface area contributed by atoms with E-state index in [-0.39, 0.29) is 11.6 Å². The molecule has 1 nitrogen and oxygen atoms in total. The molecule has 2 heteroatoms. The Bertz CT molecular complexity index is 325. The van der Waals surface area contributed by atoms with Crippen LogP contribution in [0.1, 0.15) is 25.8 Å². The molecule has 0 spiro atoms. The summed E-state index contributed by atoms with van der Waals surface area (Å²) in [5, 5.41) is 9.31. The number of benzene rings is 1. The third-order valence-electron chi connectivity index (χ3n) is 1.96. The van der Waals surface area contributed by atoms with Gasteiger partial charge in [-0.1, -0.05) is 19.1 Å². The molecular weight excluding hydrogens is 167 g/mol. The summed E-state index contributed by atoms with van der Waals surface area (Å²) in [5.74, 6) is -0.0159. The Labute approximate surface area is 77.5 Å². The van der Waals surface area contributed by atoms with Crippen molar-refractivity contribution < 1.29 is 9.50 Å². The maximum absolute atomic E-state index is 12.8. The van der Waals surface area contributed by atoms with Crippen LogP contribution in [0.2, 0.25) is 0 Å². The highest BCUT2D eigenvalue weighted by molar-refractivity contribution is 5.66. The van der Waals surface area contributed by atoms with Crippen molar-refractivity contribution in [1.82, 2.24) is 0 Å². The minimum absolute atomic E-state index is 0.258. The number of aliphatic hydroxyl groups excluding tert-OH is 1. The van der Waals surface area contributed by atoms with E-state index in [1.807, 2.05) is 6.92 Å². The Hall–Kier alpha value is -1.31. The zero-order valence-electron chi connectivity index (χ0n) is 7.84. The van der Waals surface area contributed by atoms with E-state index in [1.54, 1.807) is 19.1 Å². The number of hydrogen-bond acceptors (Lipinski definition) is 1. The van der Waals surface area contributed by atoms with Crippen molar-refractivity contribution in [2.24, 2.45) is 0 Å². The molecule has 1 aromatic carbocycles. The second-order valence-corrected chi connectivity index (χ2v) is 2.93. The smallest absolute Gasteiger partial charge is 0.123 e. The van der Waals surface area contributed by atoms with Crippen LogP contribution in [0.3, 0.4) is 0 Å². The van der Waals surface area contributed by atoms with E-state index < -0.39 is 0 Å². The van der Waals surface area contributed by atoms with Gasteiger partial charge in [0.05, 0.1) is 5.76 Å². The van der Waals surface area contributed by atoms with Crippen molar-refractivity contribution in [2.75, 3.05) is 0 Å². The van der Waals surface area contributed by atoms with Crippen molar-refractivity contribution in [3.05, 3.63) is 41.4 Å². The lowest BCUT2D eigenvalue weighted by Gasteiger charge is -2.05. The maximum Gasteiger partial charge on any atom is 0.123 e. The van der Waals surface area contributed by atoms with Crippen molar-refractivity contribution >= 4 is 5.57 Å². The Morgan fingerprint density at radius 1 is 1.46 bits per heavy atom. The van der Waals surface area contributed by atoms with Crippen LogP contribution < -0.4 is 0 Å². The largest absolute Gasteiger partial charge is 0.512 e. The van der Waals surface area contributed by atoms with Crippen molar-refractivity contribution in [2.45, 2.75) is 20.3 Å². The fourth-order valence-electron chi connectivity index (χ4n) is 1.35. The van der Waals surface area contributed by atoms with Gasteiger partial charge in [-0.3, -0.25) is 0 Å². The Balaban J connectivity index is 3.14. The lowest BCUT2D eigenvalue weighted by molar-refractivity contribution is 0.415. The standard InChI is InChI=1S/C11H13FO/c1-3-11(8(2)13)9-5-4-6-10(12)7-9/h4-7,13H,3H2,1-2H3/b11-8-. The average Bonchev–Trinajstić information content (AvgIpc) is 2.04. The van der Waals surface area contributed by atoms with Crippen LogP contribution in [0.4, 0.5) is 4.39 Å². The van der Waals surface area contributed by atoms with Crippen LogP contribution >= 0.6 is 0 Å². The highest BCUT2D eigenvalue weighted by atomic mass is 19.1. The molecule has 1 N–H and O–H groups in total. The Morgan fingerprint density at radius 3 is 2.62 bits per heavy atom. The minimum Gasteiger partial charge on any atom is -0.512 e. The summed E-state index contributed by atoms with van der Waals surface area (Å²) in [7, 11) is 0. The molecule has 1 aromatic rings. The normalized spacial score (nSPS) is 12.5. The van der Waals surface area contributed by atoms with Crippen LogP contribution in [-0.4, -0.2) is 5.11 Å². The third-order valence-corrected chi connectivity index (χ3v) is 1.96. The van der Waals surface area contributed by atoms with Crippen LogP contribution in [0, 0.1) is 5.82 Å². The minimum atomic E-state index is -0.273. The molecule has 70 valence electrons. The molecule has 0 saturated carbocycles. The van der Waals surface area contributed by atoms with Gasteiger partial charge in [-0.25, -0.2) is 4.39 Å². The van der Waals surface area contributed by atoms with Crippen molar-refractivity contribution in [3.8, 4) is 0 Å². The van der Waals surface area contributed by atoms with Crippen molar-refractivity contribution in [1.29, 1.82) is 0 Å². The van der Waals surface area contributed by atoms with Gasteiger partial charge in [0.1, 0.15) is 5.82 Å². The summed E-state index contributed by atoms with van der Waals surface area (Å²) >= 11 is 0. The number of halogens is 1. The zero-order valence-corrected chi connectivity index (χ0v) is 7.84. The first-order chi connectivity index (χ1) is 6.15. The Morgan fingerprint density at radius 2 is 2.15 bits per heavy atom. The molecule has 0 atom stereocenters. The highest BCUT2D eigenvalue weighted by Crippen LogP contribution is 2.21. The second-order valence-electron chi connectivity index (χ2n) is 2.93. The van der Waals surface area contributed by atoms with E-state index in [4.69, 9.17) is 0 Å². The first kappa shape index (κ1) is 9.78. The predicted molar refractivity (Wildman–Crippen MR) is 51.9 cm³/mol. The van der Waals surface area contributed by atoms with Crippen molar-refractivity contribution in [3.63, 3.8) is 0 Å². The molecule has 0 amide bonds. The summed E-state index contributed by atoms with van der Waals surface area (Å²) < 4.78 is 12.8. The van der Waals surface area contributed by atoms with E-state index in [9.17, 15) is 9.50 Å². The summed E-state index contributed by atoms with van der Waals surface area (Å²) in [6.07, 6.45) is 0.700. The molecule has 1 rings (SSSR count).